The Kier molecular flexibility index (Phi) is 4.62. The van der Waals surface area contributed by atoms with Crippen molar-refractivity contribution in [1.29, 1.82) is 0 Å². The predicted molar refractivity (Wildman–Crippen MR) is 93.3 cm³/mol. The first-order valence-electron chi connectivity index (χ1n) is 7.53. The smallest absolute Gasteiger partial charge is 0.248 e. The minimum Gasteiger partial charge on any atom is -0.492 e. The molecule has 0 fully saturated rings. The van der Waals surface area contributed by atoms with Gasteiger partial charge in [-0.15, -0.1) is 0 Å². The van der Waals surface area contributed by atoms with E-state index in [1.165, 1.54) is 4.68 Å². The van der Waals surface area contributed by atoms with Crippen LogP contribution in [0.4, 0.5) is 5.95 Å². The molecule has 1 aliphatic heterocycles. The van der Waals surface area contributed by atoms with Gasteiger partial charge in [-0.05, 0) is 57.9 Å². The average Bonchev–Trinajstić information content (AvgIpc) is 3.01. The number of hydrogen-bond donors (Lipinski definition) is 2. The number of benzene rings is 1. The molecule has 1 aromatic heterocycles. The third kappa shape index (κ3) is 2.93. The molecule has 0 radical (unpaired) electrons. The van der Waals surface area contributed by atoms with Crippen LogP contribution in [0.3, 0.4) is 0 Å². The van der Waals surface area contributed by atoms with Crippen molar-refractivity contribution in [2.45, 2.75) is 19.9 Å². The first-order valence-corrected chi connectivity index (χ1v) is 8.32. The minimum absolute atomic E-state index is 0.374. The van der Waals surface area contributed by atoms with Crippen LogP contribution in [0.2, 0.25) is 0 Å². The number of carbonyl (C=O) groups excluding carboxylic acids is 1. The van der Waals surface area contributed by atoms with Crippen LogP contribution < -0.4 is 20.5 Å². The number of primary amides is 1. The Bertz CT molecular complexity index is 863. The largest absolute Gasteiger partial charge is 0.492 e. The molecule has 3 rings (SSSR count). The molecule has 1 unspecified atom stereocenters. The van der Waals surface area contributed by atoms with E-state index in [0.717, 1.165) is 5.56 Å². The van der Waals surface area contributed by atoms with E-state index < -0.39 is 11.9 Å². The fraction of sp³-hybridized carbons (Fsp3) is 0.333. The van der Waals surface area contributed by atoms with Gasteiger partial charge in [0, 0.05) is 5.70 Å². The summed E-state index contributed by atoms with van der Waals surface area (Å²) in [5.74, 6) is 0.986. The fourth-order valence-corrected chi connectivity index (χ4v) is 3.47. The lowest BCUT2D eigenvalue weighted by molar-refractivity contribution is -0.115. The monoisotopic (exact) mass is 408 g/mol. The summed E-state index contributed by atoms with van der Waals surface area (Å²) in [5.41, 5.74) is 7.33. The van der Waals surface area contributed by atoms with Gasteiger partial charge in [-0.1, -0.05) is 5.10 Å². The van der Waals surface area contributed by atoms with Crippen molar-refractivity contribution in [3.63, 3.8) is 0 Å². The van der Waals surface area contributed by atoms with Crippen LogP contribution in [0.15, 0.2) is 27.9 Å². The van der Waals surface area contributed by atoms with Crippen molar-refractivity contribution < 1.29 is 14.3 Å². The van der Waals surface area contributed by atoms with E-state index in [1.54, 1.807) is 20.1 Å². The van der Waals surface area contributed by atoms with Gasteiger partial charge in [-0.2, -0.15) is 4.68 Å². The summed E-state index contributed by atoms with van der Waals surface area (Å²) in [6.45, 7) is 4.10. The maximum Gasteiger partial charge on any atom is 0.248 e. The quantitative estimate of drug-likeness (QED) is 0.771. The number of allylic oxidation sites excluding steroid dienone is 1. The summed E-state index contributed by atoms with van der Waals surface area (Å²) < 4.78 is 13.3. The van der Waals surface area contributed by atoms with Crippen molar-refractivity contribution in [3.8, 4) is 11.5 Å². The van der Waals surface area contributed by atoms with E-state index in [-0.39, 0.29) is 0 Å². The first kappa shape index (κ1) is 17.2. The van der Waals surface area contributed by atoms with E-state index in [4.69, 9.17) is 15.2 Å². The van der Waals surface area contributed by atoms with Crippen LogP contribution in [0, 0.1) is 0 Å². The number of ether oxygens (including phenoxy) is 2. The second-order valence-electron chi connectivity index (χ2n) is 5.34. The van der Waals surface area contributed by atoms with Crippen molar-refractivity contribution in [3.05, 3.63) is 33.4 Å². The molecule has 0 saturated heterocycles. The van der Waals surface area contributed by atoms with E-state index in [2.05, 4.69) is 36.8 Å². The van der Waals surface area contributed by atoms with Crippen molar-refractivity contribution >= 4 is 27.8 Å². The number of nitrogens with two attached hydrogens (primary N) is 1. The van der Waals surface area contributed by atoms with Gasteiger partial charge in [-0.3, -0.25) is 4.79 Å². The zero-order chi connectivity index (χ0) is 18.1. The number of methoxy groups -OCH3 is 1. The average molecular weight is 409 g/mol. The van der Waals surface area contributed by atoms with Gasteiger partial charge in [0.1, 0.15) is 6.04 Å². The van der Waals surface area contributed by atoms with Crippen LogP contribution >= 0.6 is 15.9 Å². The normalized spacial score (nSPS) is 16.2. The first-order chi connectivity index (χ1) is 12.0. The van der Waals surface area contributed by atoms with Crippen LogP contribution in [0.1, 0.15) is 25.5 Å². The number of carbonyl (C=O) groups is 1. The van der Waals surface area contributed by atoms with Gasteiger partial charge >= 0.3 is 0 Å². The molecule has 9 nitrogen and oxygen atoms in total. The molecule has 1 amide bonds. The van der Waals surface area contributed by atoms with Crippen molar-refractivity contribution in [2.75, 3.05) is 19.0 Å². The standard InChI is InChI=1S/C15H17BrN6O3/c1-4-25-10-6-8(5-9(16)13(10)24-3)12-11(14(17)23)7(2)18-15-19-20-21-22(12)15/h5-6,12H,4H2,1-3H3,(H2,17,23)(H,18,19,21). The predicted octanol–water partition coefficient (Wildman–Crippen LogP) is 1.62. The number of nitrogens with zero attached hydrogens (tertiary/aromatic N) is 4. The molecule has 0 saturated carbocycles. The third-order valence-electron chi connectivity index (χ3n) is 3.83. The number of hydrogen-bond acceptors (Lipinski definition) is 7. The fourth-order valence-electron chi connectivity index (χ4n) is 2.85. The molecule has 25 heavy (non-hydrogen) atoms. The number of anilines is 1. The molecular weight excluding hydrogens is 392 g/mol. The maximum absolute atomic E-state index is 12.1. The Morgan fingerprint density at radius 3 is 2.88 bits per heavy atom. The summed E-state index contributed by atoms with van der Waals surface area (Å²) in [7, 11) is 1.56. The SMILES string of the molecule is CCOc1cc(C2C(C(N)=O)=C(C)Nc3nnnn32)cc(Br)c1OC. The molecule has 2 heterocycles. The number of amides is 1. The molecular formula is C15H17BrN6O3. The van der Waals surface area contributed by atoms with Crippen LogP contribution in [-0.2, 0) is 4.79 Å². The van der Waals surface area contributed by atoms with Gasteiger partial charge in [0.2, 0.25) is 11.9 Å². The molecule has 0 spiro atoms. The second kappa shape index (κ2) is 6.71. The molecule has 10 heteroatoms. The second-order valence-corrected chi connectivity index (χ2v) is 6.20. The number of rotatable bonds is 5. The molecule has 3 N–H and O–H groups in total. The Morgan fingerprint density at radius 1 is 1.48 bits per heavy atom. The molecule has 2 aromatic rings. The van der Waals surface area contributed by atoms with Crippen LogP contribution in [0.5, 0.6) is 11.5 Å². The lowest BCUT2D eigenvalue weighted by atomic mass is 9.95. The van der Waals surface area contributed by atoms with E-state index in [1.807, 2.05) is 13.0 Å². The van der Waals surface area contributed by atoms with E-state index >= 15 is 0 Å². The lowest BCUT2D eigenvalue weighted by Crippen LogP contribution is -2.32. The molecule has 0 bridgehead atoms. The summed E-state index contributed by atoms with van der Waals surface area (Å²) in [6, 6.07) is 3.05. The van der Waals surface area contributed by atoms with E-state index in [9.17, 15) is 4.79 Å². The van der Waals surface area contributed by atoms with Gasteiger partial charge in [0.25, 0.3) is 0 Å². The number of halogens is 1. The molecule has 1 atom stereocenters. The zero-order valence-corrected chi connectivity index (χ0v) is 15.5. The van der Waals surface area contributed by atoms with Crippen molar-refractivity contribution in [2.24, 2.45) is 5.73 Å². The number of tetrazole rings is 1. The molecule has 1 aromatic carbocycles. The van der Waals surface area contributed by atoms with Gasteiger partial charge < -0.3 is 20.5 Å². The molecule has 0 aliphatic carbocycles. The Balaban J connectivity index is 2.22. The minimum atomic E-state index is -0.579. The van der Waals surface area contributed by atoms with Gasteiger partial charge in [-0.25, -0.2) is 0 Å². The highest BCUT2D eigenvalue weighted by molar-refractivity contribution is 9.10. The lowest BCUT2D eigenvalue weighted by Gasteiger charge is -2.27. The highest BCUT2D eigenvalue weighted by atomic mass is 79.9. The van der Waals surface area contributed by atoms with Gasteiger partial charge in [0.15, 0.2) is 11.5 Å². The summed E-state index contributed by atoms with van der Waals surface area (Å²) in [6.07, 6.45) is 0. The number of aromatic nitrogens is 4. The Labute approximate surface area is 152 Å². The summed E-state index contributed by atoms with van der Waals surface area (Å²) >= 11 is 3.48. The van der Waals surface area contributed by atoms with E-state index in [0.29, 0.717) is 39.8 Å². The number of fused-ring (bicyclic) bond motifs is 1. The highest BCUT2D eigenvalue weighted by Crippen LogP contribution is 2.42. The zero-order valence-electron chi connectivity index (χ0n) is 13.9. The van der Waals surface area contributed by atoms with Crippen molar-refractivity contribution in [1.82, 2.24) is 20.2 Å². The van der Waals surface area contributed by atoms with Gasteiger partial charge in [0.05, 0.1) is 23.8 Å². The molecule has 1 aliphatic rings. The Morgan fingerprint density at radius 2 is 2.24 bits per heavy atom. The molecule has 132 valence electrons. The Hall–Kier alpha value is -2.62. The number of nitrogens with one attached hydrogen (secondary N) is 1. The van der Waals surface area contributed by atoms with Crippen LogP contribution in [0.25, 0.3) is 0 Å². The summed E-state index contributed by atoms with van der Waals surface area (Å²) in [4.78, 5) is 12.1. The van der Waals surface area contributed by atoms with Crippen LogP contribution in [-0.4, -0.2) is 39.8 Å². The highest BCUT2D eigenvalue weighted by Gasteiger charge is 2.34. The maximum atomic E-state index is 12.1. The third-order valence-corrected chi connectivity index (χ3v) is 4.42. The topological polar surface area (TPSA) is 117 Å². The summed E-state index contributed by atoms with van der Waals surface area (Å²) in [5, 5.41) is 14.6.